The standard InChI is InChI=1S/C17H18BrF/c1-10-7-12(3)16(13(4)8-10)17(18)14-5-6-15(19)11(2)9-14/h5-9,17H,1-4H3. The molecule has 0 spiro atoms. The minimum atomic E-state index is -0.152. The van der Waals surface area contributed by atoms with E-state index in [2.05, 4.69) is 48.8 Å². The van der Waals surface area contributed by atoms with Crippen molar-refractivity contribution in [1.29, 1.82) is 0 Å². The van der Waals surface area contributed by atoms with Gasteiger partial charge in [0.2, 0.25) is 0 Å². The maximum Gasteiger partial charge on any atom is 0.126 e. The Labute approximate surface area is 122 Å². The molecule has 0 aromatic heterocycles. The lowest BCUT2D eigenvalue weighted by atomic mass is 9.93. The van der Waals surface area contributed by atoms with Crippen molar-refractivity contribution in [3.63, 3.8) is 0 Å². The van der Waals surface area contributed by atoms with Gasteiger partial charge in [-0.3, -0.25) is 0 Å². The molecule has 0 radical (unpaired) electrons. The molecule has 2 aromatic carbocycles. The van der Waals surface area contributed by atoms with Gasteiger partial charge in [0.05, 0.1) is 4.83 Å². The highest BCUT2D eigenvalue weighted by Gasteiger charge is 2.16. The summed E-state index contributed by atoms with van der Waals surface area (Å²) >= 11 is 3.76. The highest BCUT2D eigenvalue weighted by atomic mass is 79.9. The number of aryl methyl sites for hydroxylation is 4. The molecule has 0 aliphatic rings. The molecule has 0 bridgehead atoms. The quantitative estimate of drug-likeness (QED) is 0.637. The van der Waals surface area contributed by atoms with Gasteiger partial charge in [-0.15, -0.1) is 0 Å². The number of benzene rings is 2. The van der Waals surface area contributed by atoms with E-state index in [4.69, 9.17) is 0 Å². The Kier molecular flexibility index (Phi) is 4.10. The zero-order chi connectivity index (χ0) is 14.2. The first-order chi connectivity index (χ1) is 8.90. The van der Waals surface area contributed by atoms with E-state index in [1.54, 1.807) is 6.92 Å². The molecule has 0 amide bonds. The largest absolute Gasteiger partial charge is 0.207 e. The van der Waals surface area contributed by atoms with Gasteiger partial charge in [-0.2, -0.15) is 0 Å². The lowest BCUT2D eigenvalue weighted by Crippen LogP contribution is -2.01. The Morgan fingerprint density at radius 3 is 2.00 bits per heavy atom. The van der Waals surface area contributed by atoms with Crippen molar-refractivity contribution in [2.45, 2.75) is 32.5 Å². The van der Waals surface area contributed by atoms with Crippen molar-refractivity contribution >= 4 is 15.9 Å². The number of hydrogen-bond donors (Lipinski definition) is 0. The second kappa shape index (κ2) is 5.46. The summed E-state index contributed by atoms with van der Waals surface area (Å²) in [5.41, 5.74) is 6.85. The third kappa shape index (κ3) is 2.89. The zero-order valence-electron chi connectivity index (χ0n) is 11.7. The average molecular weight is 321 g/mol. The SMILES string of the molecule is Cc1cc(C)c(C(Br)c2ccc(F)c(C)c2)c(C)c1. The first-order valence-electron chi connectivity index (χ1n) is 6.38. The topological polar surface area (TPSA) is 0 Å². The van der Waals surface area contributed by atoms with Crippen LogP contribution in [0.4, 0.5) is 4.39 Å². The lowest BCUT2D eigenvalue weighted by molar-refractivity contribution is 0.617. The molecule has 0 nitrogen and oxygen atoms in total. The molecule has 0 fully saturated rings. The molecular formula is C17H18BrF. The molecule has 0 aliphatic heterocycles. The lowest BCUT2D eigenvalue weighted by Gasteiger charge is -2.18. The minimum Gasteiger partial charge on any atom is -0.207 e. The summed E-state index contributed by atoms with van der Waals surface area (Å²) in [6.07, 6.45) is 0. The minimum absolute atomic E-state index is 0.104. The van der Waals surface area contributed by atoms with Gasteiger partial charge in [-0.1, -0.05) is 45.8 Å². The van der Waals surface area contributed by atoms with Crippen LogP contribution in [0.2, 0.25) is 0 Å². The Morgan fingerprint density at radius 1 is 0.895 bits per heavy atom. The van der Waals surface area contributed by atoms with Crippen LogP contribution in [0.3, 0.4) is 0 Å². The second-order valence-electron chi connectivity index (χ2n) is 5.18. The third-order valence-electron chi connectivity index (χ3n) is 3.47. The Hall–Kier alpha value is -1.15. The average Bonchev–Trinajstić information content (AvgIpc) is 2.31. The molecule has 0 saturated carbocycles. The third-order valence-corrected chi connectivity index (χ3v) is 4.45. The predicted molar refractivity (Wildman–Crippen MR) is 82.6 cm³/mol. The van der Waals surface area contributed by atoms with Crippen molar-refractivity contribution in [3.05, 3.63) is 69.5 Å². The van der Waals surface area contributed by atoms with Gasteiger partial charge in [0.15, 0.2) is 0 Å². The van der Waals surface area contributed by atoms with Crippen LogP contribution in [-0.2, 0) is 0 Å². The van der Waals surface area contributed by atoms with E-state index in [0.29, 0.717) is 5.56 Å². The van der Waals surface area contributed by atoms with Crippen LogP contribution in [0.5, 0.6) is 0 Å². The summed E-state index contributed by atoms with van der Waals surface area (Å²) in [5.74, 6) is -0.152. The molecule has 2 heteroatoms. The highest BCUT2D eigenvalue weighted by molar-refractivity contribution is 9.09. The van der Waals surface area contributed by atoms with Crippen molar-refractivity contribution in [2.75, 3.05) is 0 Å². The van der Waals surface area contributed by atoms with Crippen LogP contribution in [0.25, 0.3) is 0 Å². The molecule has 1 atom stereocenters. The molecule has 100 valence electrons. The van der Waals surface area contributed by atoms with Crippen LogP contribution in [0.15, 0.2) is 30.3 Å². The van der Waals surface area contributed by atoms with Gasteiger partial charge in [0.25, 0.3) is 0 Å². The Bertz CT molecular complexity index is 594. The fraction of sp³-hybridized carbons (Fsp3) is 0.294. The molecular weight excluding hydrogens is 303 g/mol. The van der Waals surface area contributed by atoms with Crippen molar-refractivity contribution in [3.8, 4) is 0 Å². The second-order valence-corrected chi connectivity index (χ2v) is 6.10. The molecule has 19 heavy (non-hydrogen) atoms. The van der Waals surface area contributed by atoms with E-state index < -0.39 is 0 Å². The number of hydrogen-bond acceptors (Lipinski definition) is 0. The van der Waals surface area contributed by atoms with E-state index in [9.17, 15) is 4.39 Å². The summed E-state index contributed by atoms with van der Waals surface area (Å²) in [6.45, 7) is 8.16. The first kappa shape index (κ1) is 14.3. The highest BCUT2D eigenvalue weighted by Crippen LogP contribution is 2.36. The van der Waals surface area contributed by atoms with Crippen LogP contribution in [-0.4, -0.2) is 0 Å². The molecule has 0 N–H and O–H groups in total. The van der Waals surface area contributed by atoms with Gasteiger partial charge in [0, 0.05) is 0 Å². The summed E-state index contributed by atoms with van der Waals surface area (Å²) in [6, 6.07) is 9.67. The van der Waals surface area contributed by atoms with Gasteiger partial charge in [0.1, 0.15) is 5.82 Å². The predicted octanol–water partition coefficient (Wildman–Crippen LogP) is 5.54. The summed E-state index contributed by atoms with van der Waals surface area (Å²) in [4.78, 5) is 0.104. The molecule has 0 aliphatic carbocycles. The monoisotopic (exact) mass is 320 g/mol. The van der Waals surface area contributed by atoms with Crippen LogP contribution < -0.4 is 0 Å². The van der Waals surface area contributed by atoms with Crippen LogP contribution >= 0.6 is 15.9 Å². The van der Waals surface area contributed by atoms with Gasteiger partial charge in [-0.25, -0.2) is 4.39 Å². The molecule has 0 heterocycles. The van der Waals surface area contributed by atoms with E-state index in [1.165, 1.54) is 28.3 Å². The molecule has 2 aromatic rings. The molecule has 2 rings (SSSR count). The Morgan fingerprint density at radius 2 is 1.47 bits per heavy atom. The van der Waals surface area contributed by atoms with Gasteiger partial charge < -0.3 is 0 Å². The summed E-state index contributed by atoms with van der Waals surface area (Å²) in [5, 5.41) is 0. The fourth-order valence-electron chi connectivity index (χ4n) is 2.58. The van der Waals surface area contributed by atoms with Gasteiger partial charge >= 0.3 is 0 Å². The van der Waals surface area contributed by atoms with Gasteiger partial charge in [-0.05, 0) is 61.6 Å². The maximum absolute atomic E-state index is 13.4. The van der Waals surface area contributed by atoms with Crippen LogP contribution in [0.1, 0.15) is 38.2 Å². The maximum atomic E-state index is 13.4. The van der Waals surface area contributed by atoms with E-state index >= 15 is 0 Å². The smallest absolute Gasteiger partial charge is 0.126 e. The normalized spacial score (nSPS) is 12.5. The van der Waals surface area contributed by atoms with E-state index in [1.807, 2.05) is 12.1 Å². The number of rotatable bonds is 2. The number of alkyl halides is 1. The van der Waals surface area contributed by atoms with E-state index in [0.717, 1.165) is 5.56 Å². The molecule has 0 saturated heterocycles. The number of halogens is 2. The van der Waals surface area contributed by atoms with Crippen molar-refractivity contribution in [2.24, 2.45) is 0 Å². The van der Waals surface area contributed by atoms with E-state index in [-0.39, 0.29) is 10.6 Å². The van der Waals surface area contributed by atoms with Crippen LogP contribution in [0, 0.1) is 33.5 Å². The van der Waals surface area contributed by atoms with Crippen molar-refractivity contribution < 1.29 is 4.39 Å². The molecule has 1 unspecified atom stereocenters. The summed E-state index contributed by atoms with van der Waals surface area (Å²) < 4.78 is 13.4. The zero-order valence-corrected chi connectivity index (χ0v) is 13.3. The van der Waals surface area contributed by atoms with Crippen molar-refractivity contribution in [1.82, 2.24) is 0 Å². The Balaban J connectivity index is 2.49. The first-order valence-corrected chi connectivity index (χ1v) is 7.29. The fourth-order valence-corrected chi connectivity index (χ4v) is 3.59. The summed E-state index contributed by atoms with van der Waals surface area (Å²) in [7, 11) is 0.